The predicted molar refractivity (Wildman–Crippen MR) is 44.2 cm³/mol. The fourth-order valence-electron chi connectivity index (χ4n) is 0.515. The molecular weight excluding hydrogens is 162 g/mol. The molecule has 0 radical (unpaired) electrons. The number of hydrogen-bond donors (Lipinski definition) is 0. The highest BCUT2D eigenvalue weighted by molar-refractivity contribution is 8.00. The summed E-state index contributed by atoms with van der Waals surface area (Å²) in [7, 11) is 1.36. The van der Waals surface area contributed by atoms with Crippen LogP contribution in [0.3, 0.4) is 0 Å². The van der Waals surface area contributed by atoms with Crippen molar-refractivity contribution in [3.05, 3.63) is 0 Å². The number of ether oxygens (including phenoxy) is 1. The molecule has 0 rings (SSSR count). The third kappa shape index (κ3) is 4.68. The average molecular weight is 173 g/mol. The maximum atomic E-state index is 10.8. The van der Waals surface area contributed by atoms with Crippen molar-refractivity contribution in [2.24, 2.45) is 0 Å². The zero-order valence-electron chi connectivity index (χ0n) is 6.66. The van der Waals surface area contributed by atoms with Crippen LogP contribution >= 0.6 is 11.8 Å². The first-order valence-corrected chi connectivity index (χ1v) is 4.33. The highest BCUT2D eigenvalue weighted by atomic mass is 32.2. The monoisotopic (exact) mass is 173 g/mol. The molecule has 0 bridgehead atoms. The molecule has 0 amide bonds. The van der Waals surface area contributed by atoms with Gasteiger partial charge in [-0.1, -0.05) is 0 Å². The number of carbonyl (C=O) groups excluding carboxylic acids is 1. The first-order valence-electron chi connectivity index (χ1n) is 3.28. The summed E-state index contributed by atoms with van der Waals surface area (Å²) in [5, 5.41) is 8.04. The van der Waals surface area contributed by atoms with Crippen molar-refractivity contribution in [1.29, 1.82) is 5.26 Å². The Kier molecular flexibility index (Phi) is 5.67. The number of thioether (sulfide) groups is 1. The topological polar surface area (TPSA) is 50.1 Å². The molecule has 0 N–H and O–H groups in total. The van der Waals surface area contributed by atoms with E-state index in [0.717, 1.165) is 0 Å². The number of carbonyl (C=O) groups is 1. The molecule has 1 atom stereocenters. The Bertz CT molecular complexity index is 164. The van der Waals surface area contributed by atoms with Gasteiger partial charge in [0, 0.05) is 12.2 Å². The van der Waals surface area contributed by atoms with Gasteiger partial charge in [0.25, 0.3) is 0 Å². The van der Waals surface area contributed by atoms with E-state index in [0.29, 0.717) is 12.2 Å². The van der Waals surface area contributed by atoms with Crippen LogP contribution in [0.1, 0.15) is 13.3 Å². The molecule has 0 aliphatic carbocycles. The van der Waals surface area contributed by atoms with Gasteiger partial charge in [-0.25, -0.2) is 0 Å². The lowest BCUT2D eigenvalue weighted by Crippen LogP contribution is -2.15. The minimum Gasteiger partial charge on any atom is -0.468 e. The van der Waals surface area contributed by atoms with E-state index in [4.69, 9.17) is 5.26 Å². The van der Waals surface area contributed by atoms with Crippen LogP contribution in [-0.2, 0) is 9.53 Å². The molecular formula is C7H11NO2S. The van der Waals surface area contributed by atoms with E-state index in [1.54, 1.807) is 6.92 Å². The van der Waals surface area contributed by atoms with E-state index in [9.17, 15) is 4.79 Å². The van der Waals surface area contributed by atoms with Crippen LogP contribution in [0.25, 0.3) is 0 Å². The number of methoxy groups -OCH3 is 1. The second kappa shape index (κ2) is 6.05. The van der Waals surface area contributed by atoms with Gasteiger partial charge in [-0.05, 0) is 6.92 Å². The highest BCUT2D eigenvalue weighted by Gasteiger charge is 2.11. The van der Waals surface area contributed by atoms with Crippen LogP contribution in [-0.4, -0.2) is 24.1 Å². The quantitative estimate of drug-likeness (QED) is 0.473. The highest BCUT2D eigenvalue weighted by Crippen LogP contribution is 2.12. The van der Waals surface area contributed by atoms with Gasteiger partial charge >= 0.3 is 5.97 Å². The van der Waals surface area contributed by atoms with Gasteiger partial charge in [0.15, 0.2) is 0 Å². The van der Waals surface area contributed by atoms with E-state index in [1.165, 1.54) is 18.9 Å². The number of esters is 1. The number of hydrogen-bond acceptors (Lipinski definition) is 4. The van der Waals surface area contributed by atoms with E-state index in [-0.39, 0.29) is 11.2 Å². The van der Waals surface area contributed by atoms with Crippen LogP contribution in [0.5, 0.6) is 0 Å². The Balaban J connectivity index is 3.45. The van der Waals surface area contributed by atoms with Crippen molar-refractivity contribution in [1.82, 2.24) is 0 Å². The number of nitrogens with zero attached hydrogens (tertiary/aromatic N) is 1. The summed E-state index contributed by atoms with van der Waals surface area (Å²) in [4.78, 5) is 10.8. The molecule has 0 saturated carbocycles. The van der Waals surface area contributed by atoms with Gasteiger partial charge in [0.05, 0.1) is 18.4 Å². The second-order valence-corrected chi connectivity index (χ2v) is 3.39. The molecule has 4 heteroatoms. The molecule has 0 heterocycles. The van der Waals surface area contributed by atoms with Crippen LogP contribution in [0.4, 0.5) is 0 Å². The van der Waals surface area contributed by atoms with Crippen LogP contribution in [0.15, 0.2) is 0 Å². The maximum Gasteiger partial charge on any atom is 0.318 e. The maximum absolute atomic E-state index is 10.8. The van der Waals surface area contributed by atoms with Gasteiger partial charge in [-0.2, -0.15) is 5.26 Å². The Morgan fingerprint density at radius 1 is 1.82 bits per heavy atom. The lowest BCUT2D eigenvalue weighted by Gasteiger charge is -2.05. The molecule has 0 aromatic rings. The third-order valence-electron chi connectivity index (χ3n) is 1.11. The summed E-state index contributed by atoms with van der Waals surface area (Å²) in [5.41, 5.74) is 0. The SMILES string of the molecule is COC(=O)C(C)SCCC#N. The standard InChI is InChI=1S/C7H11NO2S/c1-6(7(9)10-2)11-5-3-4-8/h6H,3,5H2,1-2H3. The summed E-state index contributed by atoms with van der Waals surface area (Å²) in [6.07, 6.45) is 0.478. The second-order valence-electron chi connectivity index (χ2n) is 1.94. The van der Waals surface area contributed by atoms with Crippen molar-refractivity contribution in [2.75, 3.05) is 12.9 Å². The Hall–Kier alpha value is -0.690. The molecule has 62 valence electrons. The lowest BCUT2D eigenvalue weighted by atomic mass is 10.5. The van der Waals surface area contributed by atoms with E-state index in [2.05, 4.69) is 4.74 Å². The first kappa shape index (κ1) is 10.3. The molecule has 0 spiro atoms. The normalized spacial score (nSPS) is 11.7. The van der Waals surface area contributed by atoms with Gasteiger partial charge in [-0.3, -0.25) is 4.79 Å². The molecule has 0 fully saturated rings. The van der Waals surface area contributed by atoms with Crippen molar-refractivity contribution in [3.63, 3.8) is 0 Å². The van der Waals surface area contributed by atoms with Crippen molar-refractivity contribution in [3.8, 4) is 6.07 Å². The predicted octanol–water partition coefficient (Wildman–Crippen LogP) is 1.19. The van der Waals surface area contributed by atoms with Gasteiger partial charge < -0.3 is 4.74 Å². The van der Waals surface area contributed by atoms with Gasteiger partial charge in [0.2, 0.25) is 0 Å². The summed E-state index contributed by atoms with van der Waals surface area (Å²) in [6.45, 7) is 1.77. The van der Waals surface area contributed by atoms with Crippen LogP contribution in [0.2, 0.25) is 0 Å². The smallest absolute Gasteiger partial charge is 0.318 e. The third-order valence-corrected chi connectivity index (χ3v) is 2.25. The fraction of sp³-hybridized carbons (Fsp3) is 0.714. The molecule has 1 unspecified atom stereocenters. The van der Waals surface area contributed by atoms with Crippen molar-refractivity contribution < 1.29 is 9.53 Å². The summed E-state index contributed by atoms with van der Waals surface area (Å²) in [5.74, 6) is 0.459. The zero-order chi connectivity index (χ0) is 8.69. The van der Waals surface area contributed by atoms with E-state index >= 15 is 0 Å². The average Bonchev–Trinajstić information content (AvgIpc) is 2.03. The molecule has 3 nitrogen and oxygen atoms in total. The summed E-state index contributed by atoms with van der Waals surface area (Å²) < 4.78 is 4.50. The Morgan fingerprint density at radius 2 is 2.45 bits per heavy atom. The van der Waals surface area contributed by atoms with E-state index < -0.39 is 0 Å². The van der Waals surface area contributed by atoms with Gasteiger partial charge in [0.1, 0.15) is 0 Å². The van der Waals surface area contributed by atoms with Crippen molar-refractivity contribution in [2.45, 2.75) is 18.6 Å². The molecule has 0 aliphatic rings. The van der Waals surface area contributed by atoms with E-state index in [1.807, 2.05) is 6.07 Å². The van der Waals surface area contributed by atoms with Crippen LogP contribution < -0.4 is 0 Å². The molecule has 0 aromatic carbocycles. The molecule has 11 heavy (non-hydrogen) atoms. The first-order chi connectivity index (χ1) is 5.22. The summed E-state index contributed by atoms with van der Waals surface area (Å²) in [6, 6.07) is 2.01. The largest absolute Gasteiger partial charge is 0.468 e. The Morgan fingerprint density at radius 3 is 2.91 bits per heavy atom. The fourth-order valence-corrected chi connectivity index (χ4v) is 1.31. The molecule has 0 saturated heterocycles. The minimum atomic E-state index is -0.229. The minimum absolute atomic E-state index is 0.159. The van der Waals surface area contributed by atoms with Gasteiger partial charge in [-0.15, -0.1) is 11.8 Å². The van der Waals surface area contributed by atoms with Crippen molar-refractivity contribution >= 4 is 17.7 Å². The summed E-state index contributed by atoms with van der Waals surface area (Å²) >= 11 is 1.44. The molecule has 0 aliphatic heterocycles. The van der Waals surface area contributed by atoms with Crippen LogP contribution in [0, 0.1) is 11.3 Å². The number of rotatable bonds is 4. The zero-order valence-corrected chi connectivity index (χ0v) is 7.48. The Labute approximate surface area is 70.7 Å². The molecule has 0 aromatic heterocycles. The lowest BCUT2D eigenvalue weighted by molar-refractivity contribution is -0.139. The number of nitriles is 1.